The lowest BCUT2D eigenvalue weighted by atomic mass is 9.94. The van der Waals surface area contributed by atoms with Gasteiger partial charge in [-0.25, -0.2) is 0 Å². The number of rotatable bonds is 1. The third-order valence-corrected chi connectivity index (χ3v) is 2.42. The number of aryl methyl sites for hydroxylation is 1. The third-order valence-electron chi connectivity index (χ3n) is 2.42. The summed E-state index contributed by atoms with van der Waals surface area (Å²) in [4.78, 5) is 23.1. The minimum atomic E-state index is -0.426. The molecule has 0 bridgehead atoms. The second-order valence-corrected chi connectivity index (χ2v) is 3.60. The van der Waals surface area contributed by atoms with E-state index in [0.29, 0.717) is 16.7 Å². The smallest absolute Gasteiger partial charge is 0.261 e. The van der Waals surface area contributed by atoms with Crippen LogP contribution in [0.15, 0.2) is 24.5 Å². The normalized spacial score (nSPS) is 17.0. The van der Waals surface area contributed by atoms with Gasteiger partial charge in [-0.2, -0.15) is 0 Å². The van der Waals surface area contributed by atoms with E-state index >= 15 is 0 Å². The Morgan fingerprint density at radius 1 is 1.19 bits per heavy atom. The maximum atomic E-state index is 11.6. The zero-order valence-corrected chi connectivity index (χ0v) is 9.03. The van der Waals surface area contributed by atoms with Crippen LogP contribution in [-0.2, 0) is 9.53 Å². The van der Waals surface area contributed by atoms with E-state index in [1.807, 2.05) is 13.0 Å². The molecule has 1 aromatic rings. The molecule has 0 spiro atoms. The standard InChI is InChI=1S/C12H11NO3/c1-7-3-4-8-9(5-7)10(6-16-2)12(15)13-11(8)14/h3-6H,1-2H3,(H,13,14,15)/b10-6-. The minimum Gasteiger partial charge on any atom is -0.504 e. The van der Waals surface area contributed by atoms with Crippen molar-refractivity contribution in [2.75, 3.05) is 7.11 Å². The van der Waals surface area contributed by atoms with Gasteiger partial charge in [-0.3, -0.25) is 14.9 Å². The van der Waals surface area contributed by atoms with Crippen molar-refractivity contribution in [3.63, 3.8) is 0 Å². The molecule has 82 valence electrons. The summed E-state index contributed by atoms with van der Waals surface area (Å²) in [7, 11) is 1.46. The number of fused-ring (bicyclic) bond motifs is 1. The molecule has 1 aliphatic heterocycles. The summed E-state index contributed by atoms with van der Waals surface area (Å²) < 4.78 is 4.85. The lowest BCUT2D eigenvalue weighted by Crippen LogP contribution is -2.36. The van der Waals surface area contributed by atoms with Gasteiger partial charge in [-0.05, 0) is 13.0 Å². The van der Waals surface area contributed by atoms with Crippen LogP contribution >= 0.6 is 0 Å². The van der Waals surface area contributed by atoms with E-state index in [1.54, 1.807) is 12.1 Å². The molecule has 2 amide bonds. The van der Waals surface area contributed by atoms with Crippen molar-refractivity contribution in [3.05, 3.63) is 41.2 Å². The Kier molecular flexibility index (Phi) is 2.48. The number of carbonyl (C=O) groups excluding carboxylic acids is 2. The lowest BCUT2D eigenvalue weighted by Gasteiger charge is -2.18. The average Bonchev–Trinajstić information content (AvgIpc) is 2.23. The molecule has 0 aromatic heterocycles. The van der Waals surface area contributed by atoms with Crippen molar-refractivity contribution in [1.82, 2.24) is 5.32 Å². The fraction of sp³-hybridized carbons (Fsp3) is 0.167. The minimum absolute atomic E-state index is 0.367. The second kappa shape index (κ2) is 3.81. The zero-order valence-electron chi connectivity index (χ0n) is 9.03. The Bertz CT molecular complexity index is 503. The molecule has 1 heterocycles. The summed E-state index contributed by atoms with van der Waals surface area (Å²) in [5.74, 6) is -0.793. The molecule has 2 rings (SSSR count). The first kappa shape index (κ1) is 10.4. The largest absolute Gasteiger partial charge is 0.504 e. The summed E-state index contributed by atoms with van der Waals surface area (Å²) in [5.41, 5.74) is 2.48. The molecule has 0 unspecified atom stereocenters. The van der Waals surface area contributed by atoms with Crippen molar-refractivity contribution in [2.24, 2.45) is 0 Å². The number of hydrogen-bond donors (Lipinski definition) is 1. The highest BCUT2D eigenvalue weighted by molar-refractivity contribution is 6.30. The third kappa shape index (κ3) is 1.58. The zero-order chi connectivity index (χ0) is 11.7. The average molecular weight is 217 g/mol. The van der Waals surface area contributed by atoms with Crippen LogP contribution in [0.3, 0.4) is 0 Å². The van der Waals surface area contributed by atoms with Gasteiger partial charge < -0.3 is 4.74 Å². The van der Waals surface area contributed by atoms with Gasteiger partial charge in [0, 0.05) is 11.1 Å². The molecular formula is C12H11NO3. The molecule has 0 saturated heterocycles. The van der Waals surface area contributed by atoms with Gasteiger partial charge in [0.15, 0.2) is 0 Å². The Hall–Kier alpha value is -2.10. The van der Waals surface area contributed by atoms with Crippen LogP contribution < -0.4 is 5.32 Å². The van der Waals surface area contributed by atoms with Crippen LogP contribution in [0.5, 0.6) is 0 Å². The van der Waals surface area contributed by atoms with E-state index in [0.717, 1.165) is 5.56 Å². The van der Waals surface area contributed by atoms with E-state index in [1.165, 1.54) is 13.4 Å². The Labute approximate surface area is 92.9 Å². The van der Waals surface area contributed by atoms with E-state index in [4.69, 9.17) is 4.74 Å². The predicted molar refractivity (Wildman–Crippen MR) is 58.6 cm³/mol. The van der Waals surface area contributed by atoms with E-state index in [9.17, 15) is 9.59 Å². The SMILES string of the molecule is CO/C=C1\C(=O)NC(=O)c2ccc(C)cc21. The van der Waals surface area contributed by atoms with Crippen LogP contribution in [-0.4, -0.2) is 18.9 Å². The molecule has 1 aromatic carbocycles. The van der Waals surface area contributed by atoms with Gasteiger partial charge in [0.2, 0.25) is 0 Å². The molecule has 0 saturated carbocycles. The molecule has 1 aliphatic rings. The highest BCUT2D eigenvalue weighted by Crippen LogP contribution is 2.24. The number of nitrogens with one attached hydrogen (secondary N) is 1. The number of amides is 2. The summed E-state index contributed by atoms with van der Waals surface area (Å²) >= 11 is 0. The summed E-state index contributed by atoms with van der Waals surface area (Å²) in [6.45, 7) is 1.90. The first-order valence-electron chi connectivity index (χ1n) is 4.83. The van der Waals surface area contributed by atoms with Crippen LogP contribution in [0.4, 0.5) is 0 Å². The van der Waals surface area contributed by atoms with Gasteiger partial charge in [0.1, 0.15) is 0 Å². The van der Waals surface area contributed by atoms with Gasteiger partial charge in [-0.1, -0.05) is 17.7 Å². The van der Waals surface area contributed by atoms with Crippen molar-refractivity contribution in [3.8, 4) is 0 Å². The molecular weight excluding hydrogens is 206 g/mol. The van der Waals surface area contributed by atoms with Gasteiger partial charge in [0.05, 0.1) is 18.9 Å². The summed E-state index contributed by atoms with van der Waals surface area (Å²) in [5, 5.41) is 2.26. The fourth-order valence-electron chi connectivity index (χ4n) is 1.67. The maximum absolute atomic E-state index is 11.6. The van der Waals surface area contributed by atoms with Gasteiger partial charge in [0.25, 0.3) is 11.8 Å². The molecule has 4 heteroatoms. The highest BCUT2D eigenvalue weighted by Gasteiger charge is 2.27. The van der Waals surface area contributed by atoms with Crippen molar-refractivity contribution >= 4 is 17.4 Å². The molecule has 1 N–H and O–H groups in total. The topological polar surface area (TPSA) is 55.4 Å². The fourth-order valence-corrected chi connectivity index (χ4v) is 1.67. The lowest BCUT2D eigenvalue weighted by molar-refractivity contribution is -0.114. The van der Waals surface area contributed by atoms with Crippen LogP contribution in [0, 0.1) is 6.92 Å². The number of imide groups is 1. The molecule has 0 fully saturated rings. The highest BCUT2D eigenvalue weighted by atomic mass is 16.5. The molecule has 16 heavy (non-hydrogen) atoms. The Balaban J connectivity index is 2.65. The van der Waals surface area contributed by atoms with Crippen molar-refractivity contribution in [1.29, 1.82) is 0 Å². The van der Waals surface area contributed by atoms with Crippen molar-refractivity contribution < 1.29 is 14.3 Å². The van der Waals surface area contributed by atoms with Crippen LogP contribution in [0.2, 0.25) is 0 Å². The number of carbonyl (C=O) groups is 2. The first-order valence-corrected chi connectivity index (χ1v) is 4.83. The monoisotopic (exact) mass is 217 g/mol. The molecule has 0 atom stereocenters. The molecule has 0 radical (unpaired) electrons. The number of benzene rings is 1. The van der Waals surface area contributed by atoms with Crippen LogP contribution in [0.1, 0.15) is 21.5 Å². The van der Waals surface area contributed by atoms with E-state index < -0.39 is 5.91 Å². The Morgan fingerprint density at radius 2 is 1.94 bits per heavy atom. The Morgan fingerprint density at radius 3 is 2.62 bits per heavy atom. The van der Waals surface area contributed by atoms with Crippen molar-refractivity contribution in [2.45, 2.75) is 6.92 Å². The van der Waals surface area contributed by atoms with Crippen LogP contribution in [0.25, 0.3) is 5.57 Å². The molecule has 4 nitrogen and oxygen atoms in total. The van der Waals surface area contributed by atoms with Gasteiger partial charge >= 0.3 is 0 Å². The molecule has 0 aliphatic carbocycles. The summed E-state index contributed by atoms with van der Waals surface area (Å²) in [6.07, 6.45) is 1.35. The number of hydrogen-bond acceptors (Lipinski definition) is 3. The number of ether oxygens (including phenoxy) is 1. The summed E-state index contributed by atoms with van der Waals surface area (Å²) in [6, 6.07) is 5.34. The maximum Gasteiger partial charge on any atom is 0.261 e. The second-order valence-electron chi connectivity index (χ2n) is 3.60. The quantitative estimate of drug-likeness (QED) is 0.437. The van der Waals surface area contributed by atoms with Gasteiger partial charge in [-0.15, -0.1) is 0 Å². The van der Waals surface area contributed by atoms with E-state index in [-0.39, 0.29) is 5.91 Å². The first-order chi connectivity index (χ1) is 7.63. The van der Waals surface area contributed by atoms with E-state index in [2.05, 4.69) is 5.32 Å². The predicted octanol–water partition coefficient (Wildman–Crippen LogP) is 1.25. The number of methoxy groups -OCH3 is 1.